The van der Waals surface area contributed by atoms with Crippen molar-refractivity contribution < 1.29 is 9.59 Å². The van der Waals surface area contributed by atoms with Gasteiger partial charge in [0.05, 0.1) is 16.0 Å². The zero-order valence-corrected chi connectivity index (χ0v) is 15.4. The quantitative estimate of drug-likeness (QED) is 0.748. The Bertz CT molecular complexity index is 586. The van der Waals surface area contributed by atoms with Gasteiger partial charge < -0.3 is 5.32 Å². The molecule has 0 aromatic heterocycles. The summed E-state index contributed by atoms with van der Waals surface area (Å²) in [6.45, 7) is 2.50. The van der Waals surface area contributed by atoms with Gasteiger partial charge in [0.25, 0.3) is 0 Å². The SMILES string of the molecule is CCCNC(=O)NC(=O)C(CC1CCCC1)c1ccc(Cl)c(Cl)c1. The predicted molar refractivity (Wildman–Crippen MR) is 97.6 cm³/mol. The van der Waals surface area contributed by atoms with Crippen molar-refractivity contribution in [2.24, 2.45) is 5.92 Å². The molecule has 1 aromatic carbocycles. The van der Waals surface area contributed by atoms with Crippen LogP contribution in [0.15, 0.2) is 18.2 Å². The van der Waals surface area contributed by atoms with Crippen LogP contribution in [0.3, 0.4) is 0 Å². The molecule has 1 saturated carbocycles. The third-order valence-electron chi connectivity index (χ3n) is 4.48. The molecular formula is C18H24Cl2N2O2. The lowest BCUT2D eigenvalue weighted by Gasteiger charge is -2.20. The number of rotatable bonds is 6. The first kappa shape index (κ1) is 19.1. The van der Waals surface area contributed by atoms with Crippen molar-refractivity contribution in [3.05, 3.63) is 33.8 Å². The van der Waals surface area contributed by atoms with Crippen LogP contribution in [0.1, 0.15) is 56.9 Å². The van der Waals surface area contributed by atoms with E-state index in [0.717, 1.165) is 31.2 Å². The molecule has 4 nitrogen and oxygen atoms in total. The predicted octanol–water partition coefficient (Wildman–Crippen LogP) is 4.89. The smallest absolute Gasteiger partial charge is 0.321 e. The summed E-state index contributed by atoms with van der Waals surface area (Å²) in [7, 11) is 0. The van der Waals surface area contributed by atoms with E-state index in [0.29, 0.717) is 22.5 Å². The van der Waals surface area contributed by atoms with Gasteiger partial charge in [0, 0.05) is 6.54 Å². The lowest BCUT2D eigenvalue weighted by molar-refractivity contribution is -0.121. The van der Waals surface area contributed by atoms with Crippen LogP contribution in [0.5, 0.6) is 0 Å². The van der Waals surface area contributed by atoms with Crippen LogP contribution < -0.4 is 10.6 Å². The van der Waals surface area contributed by atoms with Crippen LogP contribution in [0.2, 0.25) is 10.0 Å². The molecule has 1 aromatic rings. The maximum absolute atomic E-state index is 12.7. The zero-order chi connectivity index (χ0) is 17.5. The summed E-state index contributed by atoms with van der Waals surface area (Å²) in [4.78, 5) is 24.5. The molecule has 2 N–H and O–H groups in total. The third-order valence-corrected chi connectivity index (χ3v) is 5.22. The van der Waals surface area contributed by atoms with E-state index in [9.17, 15) is 9.59 Å². The van der Waals surface area contributed by atoms with Gasteiger partial charge in [-0.2, -0.15) is 0 Å². The van der Waals surface area contributed by atoms with Gasteiger partial charge in [-0.3, -0.25) is 10.1 Å². The molecule has 0 radical (unpaired) electrons. The summed E-state index contributed by atoms with van der Waals surface area (Å²) in [5.41, 5.74) is 0.803. The molecule has 1 unspecified atom stereocenters. The molecule has 0 aliphatic heterocycles. The average molecular weight is 371 g/mol. The van der Waals surface area contributed by atoms with Gasteiger partial charge in [-0.25, -0.2) is 4.79 Å². The van der Waals surface area contributed by atoms with Gasteiger partial charge in [-0.15, -0.1) is 0 Å². The largest absolute Gasteiger partial charge is 0.338 e. The fraction of sp³-hybridized carbons (Fsp3) is 0.556. The van der Waals surface area contributed by atoms with Gasteiger partial charge >= 0.3 is 6.03 Å². The highest BCUT2D eigenvalue weighted by molar-refractivity contribution is 6.42. The van der Waals surface area contributed by atoms with Gasteiger partial charge in [0.2, 0.25) is 5.91 Å². The number of carbonyl (C=O) groups is 2. The summed E-state index contributed by atoms with van der Waals surface area (Å²) in [5, 5.41) is 6.01. The molecule has 3 amide bonds. The van der Waals surface area contributed by atoms with E-state index in [2.05, 4.69) is 10.6 Å². The molecule has 0 spiro atoms. The molecule has 132 valence electrons. The summed E-state index contributed by atoms with van der Waals surface area (Å²) in [6.07, 6.45) is 6.22. The topological polar surface area (TPSA) is 58.2 Å². The number of halogens is 2. The van der Waals surface area contributed by atoms with Gasteiger partial charge in [0.15, 0.2) is 0 Å². The maximum Gasteiger partial charge on any atom is 0.321 e. The second-order valence-electron chi connectivity index (χ2n) is 6.36. The van der Waals surface area contributed by atoms with Crippen molar-refractivity contribution in [3.63, 3.8) is 0 Å². The molecule has 24 heavy (non-hydrogen) atoms. The van der Waals surface area contributed by atoms with Crippen molar-refractivity contribution in [2.75, 3.05) is 6.54 Å². The molecule has 1 aliphatic carbocycles. The maximum atomic E-state index is 12.7. The Morgan fingerprint density at radius 3 is 2.54 bits per heavy atom. The van der Waals surface area contributed by atoms with E-state index in [1.54, 1.807) is 12.1 Å². The van der Waals surface area contributed by atoms with Gasteiger partial charge in [0.1, 0.15) is 0 Å². The standard InChI is InChI=1S/C18H24Cl2N2O2/c1-2-9-21-18(24)22-17(23)14(10-12-5-3-4-6-12)13-7-8-15(19)16(20)11-13/h7-8,11-12,14H,2-6,9-10H2,1H3,(H2,21,22,23,24). The highest BCUT2D eigenvalue weighted by Crippen LogP contribution is 2.36. The zero-order valence-electron chi connectivity index (χ0n) is 13.9. The normalized spacial score (nSPS) is 16.0. The molecule has 0 bridgehead atoms. The fourth-order valence-electron chi connectivity index (χ4n) is 3.18. The van der Waals surface area contributed by atoms with Crippen molar-refractivity contribution >= 4 is 35.1 Å². The van der Waals surface area contributed by atoms with E-state index in [1.807, 2.05) is 13.0 Å². The van der Waals surface area contributed by atoms with Gasteiger partial charge in [-0.05, 0) is 36.5 Å². The number of nitrogens with one attached hydrogen (secondary N) is 2. The number of amides is 3. The summed E-state index contributed by atoms with van der Waals surface area (Å²) in [5.74, 6) is -0.168. The van der Waals surface area contributed by atoms with Crippen LogP contribution in [-0.2, 0) is 4.79 Å². The van der Waals surface area contributed by atoms with Crippen molar-refractivity contribution in [1.29, 1.82) is 0 Å². The van der Waals surface area contributed by atoms with Gasteiger partial charge in [-0.1, -0.05) is 61.9 Å². The number of hydrogen-bond acceptors (Lipinski definition) is 2. The average Bonchev–Trinajstić information content (AvgIpc) is 3.06. The summed E-state index contributed by atoms with van der Waals surface area (Å²) < 4.78 is 0. The van der Waals surface area contributed by atoms with Crippen molar-refractivity contribution in [2.45, 2.75) is 51.4 Å². The first-order valence-electron chi connectivity index (χ1n) is 8.55. The first-order valence-corrected chi connectivity index (χ1v) is 9.30. The Morgan fingerprint density at radius 2 is 1.92 bits per heavy atom. The Kier molecular flexibility index (Phi) is 7.38. The summed E-state index contributed by atoms with van der Waals surface area (Å²) >= 11 is 12.1. The first-order chi connectivity index (χ1) is 11.5. The second-order valence-corrected chi connectivity index (χ2v) is 7.17. The van der Waals surface area contributed by atoms with Crippen LogP contribution in [0.4, 0.5) is 4.79 Å². The molecule has 1 aliphatic rings. The number of carbonyl (C=O) groups excluding carboxylic acids is 2. The van der Waals surface area contributed by atoms with E-state index in [1.165, 1.54) is 12.8 Å². The molecule has 1 fully saturated rings. The lowest BCUT2D eigenvalue weighted by atomic mass is 9.87. The summed E-state index contributed by atoms with van der Waals surface area (Å²) in [6, 6.07) is 4.80. The minimum atomic E-state index is -0.446. The van der Waals surface area contributed by atoms with Crippen molar-refractivity contribution in [3.8, 4) is 0 Å². The minimum absolute atomic E-state index is 0.283. The molecule has 1 atom stereocenters. The van der Waals surface area contributed by atoms with Crippen LogP contribution in [-0.4, -0.2) is 18.5 Å². The molecule has 0 saturated heterocycles. The Morgan fingerprint density at radius 1 is 1.21 bits per heavy atom. The highest BCUT2D eigenvalue weighted by atomic mass is 35.5. The molecular weight excluding hydrogens is 347 g/mol. The molecule has 0 heterocycles. The van der Waals surface area contributed by atoms with Crippen LogP contribution in [0, 0.1) is 5.92 Å². The number of hydrogen-bond donors (Lipinski definition) is 2. The van der Waals surface area contributed by atoms with E-state index in [-0.39, 0.29) is 5.91 Å². The van der Waals surface area contributed by atoms with E-state index >= 15 is 0 Å². The fourth-order valence-corrected chi connectivity index (χ4v) is 3.49. The Balaban J connectivity index is 2.13. The number of benzene rings is 1. The highest BCUT2D eigenvalue weighted by Gasteiger charge is 2.28. The van der Waals surface area contributed by atoms with E-state index < -0.39 is 11.9 Å². The molecule has 2 rings (SSSR count). The monoisotopic (exact) mass is 370 g/mol. The second kappa shape index (κ2) is 9.28. The van der Waals surface area contributed by atoms with E-state index in [4.69, 9.17) is 23.2 Å². The van der Waals surface area contributed by atoms with Crippen LogP contribution >= 0.6 is 23.2 Å². The number of imide groups is 1. The number of urea groups is 1. The van der Waals surface area contributed by atoms with Crippen molar-refractivity contribution in [1.82, 2.24) is 10.6 Å². The Labute approximate surface area is 153 Å². The van der Waals surface area contributed by atoms with Crippen LogP contribution in [0.25, 0.3) is 0 Å². The third kappa shape index (κ3) is 5.38. The minimum Gasteiger partial charge on any atom is -0.338 e. The molecule has 6 heteroatoms. The Hall–Kier alpha value is -1.26. The lowest BCUT2D eigenvalue weighted by Crippen LogP contribution is -2.42.